The Kier molecular flexibility index (Phi) is 6.68. The third-order valence-corrected chi connectivity index (χ3v) is 5.34. The molecule has 1 aliphatic rings. The molecule has 1 aromatic carbocycles. The maximum absolute atomic E-state index is 12.6. The summed E-state index contributed by atoms with van der Waals surface area (Å²) in [7, 11) is -3.21. The minimum Gasteiger partial charge on any atom is -0.334 e. The lowest BCUT2D eigenvalue weighted by molar-refractivity contribution is 0.132. The van der Waals surface area contributed by atoms with Crippen molar-refractivity contribution in [3.05, 3.63) is 45.8 Å². The van der Waals surface area contributed by atoms with E-state index >= 15 is 0 Å². The fourth-order valence-electron chi connectivity index (χ4n) is 3.02. The van der Waals surface area contributed by atoms with E-state index in [0.29, 0.717) is 23.0 Å². The number of benzene rings is 1. The minimum absolute atomic E-state index is 0.131. The molecule has 1 aromatic rings. The van der Waals surface area contributed by atoms with Crippen LogP contribution in [0.3, 0.4) is 0 Å². The fourth-order valence-corrected chi connectivity index (χ4v) is 3.77. The van der Waals surface area contributed by atoms with Crippen molar-refractivity contribution in [2.75, 3.05) is 19.3 Å². The lowest BCUT2D eigenvalue weighted by atomic mass is 9.88. The van der Waals surface area contributed by atoms with E-state index in [1.165, 1.54) is 6.08 Å². The van der Waals surface area contributed by atoms with Gasteiger partial charge in [0.15, 0.2) is 9.84 Å². The summed E-state index contributed by atoms with van der Waals surface area (Å²) in [6, 6.07) is 6.72. The van der Waals surface area contributed by atoms with Crippen molar-refractivity contribution in [3.8, 4) is 6.07 Å². The van der Waals surface area contributed by atoms with Crippen LogP contribution in [0.5, 0.6) is 0 Å². The van der Waals surface area contributed by atoms with E-state index in [1.54, 1.807) is 23.1 Å². The molecule has 6 nitrogen and oxygen atoms in total. The molecule has 1 saturated heterocycles. The number of carbonyl (C=O) groups is 1. The van der Waals surface area contributed by atoms with E-state index in [2.05, 4.69) is 18.3 Å². The first-order chi connectivity index (χ1) is 12.2. The van der Waals surface area contributed by atoms with Gasteiger partial charge in [-0.2, -0.15) is 5.26 Å². The van der Waals surface area contributed by atoms with Crippen LogP contribution in [-0.2, 0) is 9.84 Å². The van der Waals surface area contributed by atoms with Gasteiger partial charge in [0.25, 0.3) is 0 Å². The number of likely N-dealkylation sites (tertiary alicyclic amines) is 1. The monoisotopic (exact) mass is 395 g/mol. The Morgan fingerprint density at radius 3 is 2.85 bits per heavy atom. The number of urea groups is 1. The third kappa shape index (κ3) is 5.48. The maximum Gasteiger partial charge on any atom is 0.318 e. The first kappa shape index (κ1) is 20.3. The summed E-state index contributed by atoms with van der Waals surface area (Å²) in [6.07, 6.45) is 4.17. The number of piperidine rings is 1. The summed E-state index contributed by atoms with van der Waals surface area (Å²) in [5.74, 6) is 0.445. The van der Waals surface area contributed by atoms with Gasteiger partial charge in [0.2, 0.25) is 0 Å². The third-order valence-electron chi connectivity index (χ3n) is 4.33. The minimum atomic E-state index is -3.21. The summed E-state index contributed by atoms with van der Waals surface area (Å²) >= 11 is 6.35. The quantitative estimate of drug-likeness (QED) is 0.847. The zero-order valence-electron chi connectivity index (χ0n) is 14.8. The summed E-state index contributed by atoms with van der Waals surface area (Å²) < 4.78 is 22.2. The van der Waals surface area contributed by atoms with Crippen LogP contribution in [0.4, 0.5) is 4.79 Å². The molecule has 2 rings (SSSR count). The van der Waals surface area contributed by atoms with Crippen molar-refractivity contribution in [2.24, 2.45) is 5.92 Å². The van der Waals surface area contributed by atoms with Gasteiger partial charge in [-0.05, 0) is 36.5 Å². The normalized spacial score (nSPS) is 20.8. The Morgan fingerprint density at radius 2 is 2.23 bits per heavy atom. The molecule has 8 heteroatoms. The smallest absolute Gasteiger partial charge is 0.318 e. The molecule has 0 radical (unpaired) electrons. The highest BCUT2D eigenvalue weighted by atomic mass is 35.5. The number of nitrogens with one attached hydrogen (secondary N) is 1. The van der Waals surface area contributed by atoms with Crippen LogP contribution in [-0.4, -0.2) is 38.7 Å². The van der Waals surface area contributed by atoms with Gasteiger partial charge in [0, 0.05) is 29.8 Å². The van der Waals surface area contributed by atoms with E-state index in [4.69, 9.17) is 16.9 Å². The van der Waals surface area contributed by atoms with Crippen molar-refractivity contribution >= 4 is 27.5 Å². The van der Waals surface area contributed by atoms with Crippen molar-refractivity contribution < 1.29 is 13.2 Å². The van der Waals surface area contributed by atoms with Crippen LogP contribution in [0.25, 0.3) is 0 Å². The van der Waals surface area contributed by atoms with Crippen molar-refractivity contribution in [1.82, 2.24) is 10.2 Å². The Morgan fingerprint density at radius 1 is 1.50 bits per heavy atom. The molecule has 2 amide bonds. The predicted molar refractivity (Wildman–Crippen MR) is 101 cm³/mol. The lowest BCUT2D eigenvalue weighted by Crippen LogP contribution is -2.46. The van der Waals surface area contributed by atoms with Gasteiger partial charge in [-0.3, -0.25) is 0 Å². The number of amides is 2. The standard InChI is InChI=1S/C18H22ClN3O3S/c1-13-6-8-22(18(23)21-7-3-9-26(2,24)25)17(10-13)15-5-4-14(12-20)11-16(15)19/h3-5,9,11,13,17H,6-8,10H2,1-2H3,(H,21,23)/b9-3+/t13-,17+/m1/s1. The van der Waals surface area contributed by atoms with E-state index in [1.807, 2.05) is 0 Å². The van der Waals surface area contributed by atoms with Crippen LogP contribution >= 0.6 is 11.6 Å². The van der Waals surface area contributed by atoms with E-state index in [9.17, 15) is 13.2 Å². The SMILES string of the molecule is C[C@@H]1CCN(C(=O)NC/C=C/S(C)(=O)=O)[C@H](c2ccc(C#N)cc2Cl)C1. The van der Waals surface area contributed by atoms with Gasteiger partial charge >= 0.3 is 6.03 Å². The van der Waals surface area contributed by atoms with Gasteiger partial charge in [0.1, 0.15) is 0 Å². The van der Waals surface area contributed by atoms with Crippen LogP contribution in [0.1, 0.15) is 36.9 Å². The Balaban J connectivity index is 2.16. The number of nitrogens with zero attached hydrogens (tertiary/aromatic N) is 2. The summed E-state index contributed by atoms with van der Waals surface area (Å²) in [5.41, 5.74) is 1.29. The highest BCUT2D eigenvalue weighted by Gasteiger charge is 2.32. The number of nitriles is 1. The Bertz CT molecular complexity index is 846. The Labute approximate surface area is 159 Å². The van der Waals surface area contributed by atoms with Crippen molar-refractivity contribution in [2.45, 2.75) is 25.8 Å². The summed E-state index contributed by atoms with van der Waals surface area (Å²) in [6.45, 7) is 2.85. The average molecular weight is 396 g/mol. The number of rotatable bonds is 4. The molecule has 0 aromatic heterocycles. The van der Waals surface area contributed by atoms with Crippen molar-refractivity contribution in [1.29, 1.82) is 5.26 Å². The second-order valence-corrected chi connectivity index (χ2v) is 8.91. The fraction of sp³-hybridized carbons (Fsp3) is 0.444. The molecule has 1 fully saturated rings. The second-order valence-electron chi connectivity index (χ2n) is 6.57. The molecule has 2 atom stereocenters. The largest absolute Gasteiger partial charge is 0.334 e. The van der Waals surface area contributed by atoms with Gasteiger partial charge in [-0.1, -0.05) is 30.7 Å². The highest BCUT2D eigenvalue weighted by Crippen LogP contribution is 2.37. The molecule has 1 heterocycles. The zero-order chi connectivity index (χ0) is 19.3. The summed E-state index contributed by atoms with van der Waals surface area (Å²) in [4.78, 5) is 14.3. The zero-order valence-corrected chi connectivity index (χ0v) is 16.3. The van der Waals surface area contributed by atoms with Crippen LogP contribution in [0.15, 0.2) is 29.7 Å². The van der Waals surface area contributed by atoms with Crippen LogP contribution < -0.4 is 5.32 Å². The van der Waals surface area contributed by atoms with Crippen LogP contribution in [0.2, 0.25) is 5.02 Å². The number of carbonyl (C=O) groups excluding carboxylic acids is 1. The van der Waals surface area contributed by atoms with Gasteiger partial charge < -0.3 is 10.2 Å². The number of hydrogen-bond donors (Lipinski definition) is 1. The first-order valence-electron chi connectivity index (χ1n) is 8.32. The maximum atomic E-state index is 12.6. The molecular formula is C18H22ClN3O3S. The highest BCUT2D eigenvalue weighted by molar-refractivity contribution is 7.93. The Hall–Kier alpha value is -2.04. The molecule has 140 valence electrons. The predicted octanol–water partition coefficient (Wildman–Crippen LogP) is 3.25. The van der Waals surface area contributed by atoms with E-state index in [-0.39, 0.29) is 18.6 Å². The molecule has 26 heavy (non-hydrogen) atoms. The second kappa shape index (κ2) is 8.56. The molecule has 0 unspecified atom stereocenters. The lowest BCUT2D eigenvalue weighted by Gasteiger charge is -2.39. The first-order valence-corrected chi connectivity index (χ1v) is 10.6. The number of hydrogen-bond acceptors (Lipinski definition) is 4. The number of halogens is 1. The summed E-state index contributed by atoms with van der Waals surface area (Å²) in [5, 5.41) is 13.3. The van der Waals surface area contributed by atoms with Gasteiger partial charge in [-0.15, -0.1) is 0 Å². The molecule has 0 aliphatic carbocycles. The van der Waals surface area contributed by atoms with Crippen molar-refractivity contribution in [3.63, 3.8) is 0 Å². The number of sulfone groups is 1. The van der Waals surface area contributed by atoms with E-state index in [0.717, 1.165) is 30.1 Å². The molecule has 1 N–H and O–H groups in total. The molecular weight excluding hydrogens is 374 g/mol. The van der Waals surface area contributed by atoms with Gasteiger partial charge in [-0.25, -0.2) is 13.2 Å². The molecule has 0 saturated carbocycles. The molecule has 1 aliphatic heterocycles. The van der Waals surface area contributed by atoms with E-state index < -0.39 is 9.84 Å². The topological polar surface area (TPSA) is 90.3 Å². The van der Waals surface area contributed by atoms with Crippen LogP contribution in [0, 0.1) is 17.2 Å². The molecule has 0 bridgehead atoms. The van der Waals surface area contributed by atoms with Gasteiger partial charge in [0.05, 0.1) is 17.7 Å². The molecule has 0 spiro atoms. The average Bonchev–Trinajstić information content (AvgIpc) is 2.57.